The largest absolute Gasteiger partial charge is 0.459 e. The minimum absolute atomic E-state index is 0.0199. The molecule has 4 heteroatoms. The molecule has 2 unspecified atom stereocenters. The Labute approximate surface area is 126 Å². The van der Waals surface area contributed by atoms with E-state index < -0.39 is 0 Å². The van der Waals surface area contributed by atoms with Crippen LogP contribution in [0.1, 0.15) is 41.6 Å². The number of esters is 1. The maximum absolute atomic E-state index is 12.4. The molecule has 0 spiro atoms. The van der Waals surface area contributed by atoms with Crippen LogP contribution in [0.2, 0.25) is 0 Å². The van der Waals surface area contributed by atoms with E-state index in [0.29, 0.717) is 5.56 Å². The van der Waals surface area contributed by atoms with Gasteiger partial charge < -0.3 is 14.8 Å². The number of ether oxygens (including phenoxy) is 2. The number of likely N-dealkylation sites (N-methyl/N-ethyl adjacent to an activating group) is 1. The van der Waals surface area contributed by atoms with Crippen LogP contribution >= 0.6 is 0 Å². The monoisotopic (exact) mass is 291 g/mol. The third kappa shape index (κ3) is 4.55. The highest BCUT2D eigenvalue weighted by molar-refractivity contribution is 5.91. The van der Waals surface area contributed by atoms with Crippen LogP contribution in [0.3, 0.4) is 0 Å². The van der Waals surface area contributed by atoms with Crippen LogP contribution in [-0.4, -0.2) is 38.9 Å². The molecule has 0 aliphatic heterocycles. The fourth-order valence-corrected chi connectivity index (χ4v) is 2.84. The lowest BCUT2D eigenvalue weighted by Gasteiger charge is -2.28. The molecule has 1 aromatic rings. The van der Waals surface area contributed by atoms with Crippen LogP contribution in [0.4, 0.5) is 0 Å². The molecule has 2 atom stereocenters. The van der Waals surface area contributed by atoms with Gasteiger partial charge in [0.15, 0.2) is 0 Å². The van der Waals surface area contributed by atoms with Gasteiger partial charge in [0.1, 0.15) is 6.10 Å². The molecule has 1 saturated carbocycles. The smallest absolute Gasteiger partial charge is 0.338 e. The first-order valence-electron chi connectivity index (χ1n) is 7.71. The summed E-state index contributed by atoms with van der Waals surface area (Å²) < 4.78 is 11.1. The van der Waals surface area contributed by atoms with Gasteiger partial charge in [0, 0.05) is 13.5 Å². The minimum Gasteiger partial charge on any atom is -0.459 e. The van der Waals surface area contributed by atoms with Crippen LogP contribution in [0.5, 0.6) is 0 Å². The van der Waals surface area contributed by atoms with Crippen molar-refractivity contribution in [1.82, 2.24) is 5.32 Å². The Morgan fingerprint density at radius 2 is 2.05 bits per heavy atom. The first-order valence-corrected chi connectivity index (χ1v) is 7.71. The summed E-state index contributed by atoms with van der Waals surface area (Å²) in [5, 5.41) is 3.11. The molecular weight excluding hydrogens is 266 g/mol. The molecule has 0 heterocycles. The van der Waals surface area contributed by atoms with Crippen LogP contribution in [0, 0.1) is 0 Å². The zero-order valence-electron chi connectivity index (χ0n) is 12.9. The van der Waals surface area contributed by atoms with Crippen molar-refractivity contribution in [3.63, 3.8) is 0 Å². The van der Waals surface area contributed by atoms with Crippen molar-refractivity contribution in [3.05, 3.63) is 35.4 Å². The summed E-state index contributed by atoms with van der Waals surface area (Å²) in [5.41, 5.74) is 1.73. The van der Waals surface area contributed by atoms with Crippen LogP contribution in [0.25, 0.3) is 0 Å². The zero-order chi connectivity index (χ0) is 15.1. The van der Waals surface area contributed by atoms with Gasteiger partial charge in [-0.3, -0.25) is 0 Å². The van der Waals surface area contributed by atoms with E-state index in [0.717, 1.165) is 44.2 Å². The molecule has 2 rings (SSSR count). The average Bonchev–Trinajstić information content (AvgIpc) is 2.53. The highest BCUT2D eigenvalue weighted by Gasteiger charge is 2.25. The zero-order valence-corrected chi connectivity index (χ0v) is 12.9. The van der Waals surface area contributed by atoms with Gasteiger partial charge in [0.05, 0.1) is 11.7 Å². The van der Waals surface area contributed by atoms with Crippen molar-refractivity contribution >= 4 is 5.97 Å². The van der Waals surface area contributed by atoms with Crippen LogP contribution in [0.15, 0.2) is 24.3 Å². The van der Waals surface area contributed by atoms with E-state index in [9.17, 15) is 4.79 Å². The molecule has 4 nitrogen and oxygen atoms in total. The highest BCUT2D eigenvalue weighted by Crippen LogP contribution is 2.24. The molecule has 116 valence electrons. The number of hydrogen-bond donors (Lipinski definition) is 1. The fourth-order valence-electron chi connectivity index (χ4n) is 2.84. The van der Waals surface area contributed by atoms with E-state index in [2.05, 4.69) is 5.32 Å². The summed E-state index contributed by atoms with van der Waals surface area (Å²) in [6.07, 6.45) is 4.88. The summed E-state index contributed by atoms with van der Waals surface area (Å²) >= 11 is 0. The van der Waals surface area contributed by atoms with E-state index >= 15 is 0 Å². The van der Waals surface area contributed by atoms with Crippen molar-refractivity contribution in [3.8, 4) is 0 Å². The number of benzene rings is 1. The topological polar surface area (TPSA) is 47.6 Å². The van der Waals surface area contributed by atoms with E-state index in [1.165, 1.54) is 0 Å². The Bertz CT molecular complexity index is 461. The Morgan fingerprint density at radius 1 is 1.29 bits per heavy atom. The van der Waals surface area contributed by atoms with Crippen molar-refractivity contribution in [2.45, 2.75) is 44.3 Å². The van der Waals surface area contributed by atoms with Gasteiger partial charge in [-0.1, -0.05) is 18.2 Å². The van der Waals surface area contributed by atoms with Crippen LogP contribution < -0.4 is 5.32 Å². The first-order chi connectivity index (χ1) is 10.2. The summed E-state index contributed by atoms with van der Waals surface area (Å²) in [6, 6.07) is 7.69. The molecule has 1 aromatic carbocycles. The predicted molar refractivity (Wildman–Crippen MR) is 82.5 cm³/mol. The average molecular weight is 291 g/mol. The molecular formula is C17H25NO3. The lowest BCUT2D eigenvalue weighted by Crippen LogP contribution is -2.29. The van der Waals surface area contributed by atoms with E-state index in [-0.39, 0.29) is 18.2 Å². The number of nitrogens with one attached hydrogen (secondary N) is 1. The van der Waals surface area contributed by atoms with Gasteiger partial charge in [-0.2, -0.15) is 0 Å². The SMILES string of the molecule is CNCCc1ccccc1C(=O)OC1CCCC(OC)C1. The van der Waals surface area contributed by atoms with E-state index in [1.54, 1.807) is 7.11 Å². The number of hydrogen-bond acceptors (Lipinski definition) is 4. The standard InChI is InChI=1S/C17H25NO3/c1-18-11-10-13-6-3-4-9-16(13)17(19)21-15-8-5-7-14(12-15)20-2/h3-4,6,9,14-15,18H,5,7-8,10-12H2,1-2H3. The van der Waals surface area contributed by atoms with Gasteiger partial charge in [-0.15, -0.1) is 0 Å². The summed E-state index contributed by atoms with van der Waals surface area (Å²) in [7, 11) is 3.63. The van der Waals surface area contributed by atoms with Gasteiger partial charge in [0.25, 0.3) is 0 Å². The highest BCUT2D eigenvalue weighted by atomic mass is 16.5. The number of carbonyl (C=O) groups is 1. The molecule has 0 amide bonds. The lowest BCUT2D eigenvalue weighted by molar-refractivity contribution is -0.0149. The summed E-state index contributed by atoms with van der Waals surface area (Å²) in [6.45, 7) is 0.847. The normalized spacial score (nSPS) is 22.0. The Morgan fingerprint density at radius 3 is 2.81 bits per heavy atom. The molecule has 0 saturated heterocycles. The molecule has 1 aliphatic carbocycles. The minimum atomic E-state index is -0.205. The maximum Gasteiger partial charge on any atom is 0.338 e. The molecule has 0 bridgehead atoms. The van der Waals surface area contributed by atoms with Crippen molar-refractivity contribution in [2.75, 3.05) is 20.7 Å². The summed E-state index contributed by atoms with van der Waals surface area (Å²) in [4.78, 5) is 12.4. The quantitative estimate of drug-likeness (QED) is 0.818. The summed E-state index contributed by atoms with van der Waals surface area (Å²) in [5.74, 6) is -0.205. The lowest BCUT2D eigenvalue weighted by atomic mass is 9.94. The van der Waals surface area contributed by atoms with Crippen molar-refractivity contribution < 1.29 is 14.3 Å². The van der Waals surface area contributed by atoms with Gasteiger partial charge in [-0.25, -0.2) is 4.79 Å². The molecule has 21 heavy (non-hydrogen) atoms. The predicted octanol–water partition coefficient (Wildman–Crippen LogP) is 2.56. The molecule has 0 radical (unpaired) electrons. The Kier molecular flexibility index (Phi) is 6.21. The Hall–Kier alpha value is -1.39. The second kappa shape index (κ2) is 8.15. The van der Waals surface area contributed by atoms with E-state index in [1.807, 2.05) is 31.3 Å². The van der Waals surface area contributed by atoms with Crippen molar-refractivity contribution in [1.29, 1.82) is 0 Å². The van der Waals surface area contributed by atoms with Crippen LogP contribution in [-0.2, 0) is 15.9 Å². The molecule has 1 N–H and O–H groups in total. The molecule has 0 aromatic heterocycles. The fraction of sp³-hybridized carbons (Fsp3) is 0.588. The second-order valence-corrected chi connectivity index (χ2v) is 5.56. The first kappa shape index (κ1) is 16.0. The third-order valence-electron chi connectivity index (χ3n) is 4.07. The second-order valence-electron chi connectivity index (χ2n) is 5.56. The Balaban J connectivity index is 1.99. The van der Waals surface area contributed by atoms with Crippen molar-refractivity contribution in [2.24, 2.45) is 0 Å². The number of rotatable bonds is 6. The number of carbonyl (C=O) groups excluding carboxylic acids is 1. The van der Waals surface area contributed by atoms with Gasteiger partial charge in [-0.05, 0) is 50.9 Å². The van der Waals surface area contributed by atoms with Gasteiger partial charge in [0.2, 0.25) is 0 Å². The van der Waals surface area contributed by atoms with Gasteiger partial charge >= 0.3 is 5.97 Å². The van der Waals surface area contributed by atoms with E-state index in [4.69, 9.17) is 9.47 Å². The molecule has 1 aliphatic rings. The third-order valence-corrected chi connectivity index (χ3v) is 4.07. The molecule has 1 fully saturated rings. The maximum atomic E-state index is 12.4. The number of methoxy groups -OCH3 is 1.